The minimum absolute atomic E-state index is 0.148. The zero-order valence-corrected chi connectivity index (χ0v) is 17.8. The quantitative estimate of drug-likeness (QED) is 0.556. The molecule has 0 spiro atoms. The van der Waals surface area contributed by atoms with E-state index in [1.165, 1.54) is 0 Å². The van der Waals surface area contributed by atoms with E-state index >= 15 is 0 Å². The lowest BCUT2D eigenvalue weighted by Crippen LogP contribution is -2.26. The van der Waals surface area contributed by atoms with Crippen LogP contribution in [0.5, 0.6) is 0 Å². The minimum atomic E-state index is -0.331. The van der Waals surface area contributed by atoms with Crippen molar-refractivity contribution in [2.24, 2.45) is 0 Å². The number of hydrogen-bond acceptors (Lipinski definition) is 5. The third-order valence-corrected chi connectivity index (χ3v) is 5.38. The molecule has 7 nitrogen and oxygen atoms in total. The summed E-state index contributed by atoms with van der Waals surface area (Å²) in [5.41, 5.74) is 3.74. The van der Waals surface area contributed by atoms with Gasteiger partial charge < -0.3 is 19.3 Å². The van der Waals surface area contributed by atoms with E-state index in [0.29, 0.717) is 36.7 Å². The average molecular weight is 418 g/mol. The van der Waals surface area contributed by atoms with Crippen molar-refractivity contribution in [3.63, 3.8) is 0 Å². The van der Waals surface area contributed by atoms with Crippen LogP contribution in [0.4, 0.5) is 0 Å². The number of carbonyl (C=O) groups is 1. The highest BCUT2D eigenvalue weighted by Gasteiger charge is 2.31. The normalized spacial score (nSPS) is 14.0. The van der Waals surface area contributed by atoms with Crippen molar-refractivity contribution < 1.29 is 14.6 Å². The molecule has 1 aliphatic rings. The number of aryl methyl sites for hydroxylation is 1. The topological polar surface area (TPSA) is 91.4 Å². The summed E-state index contributed by atoms with van der Waals surface area (Å²) in [6, 6.07) is 15.0. The lowest BCUT2D eigenvalue weighted by Gasteiger charge is -2.19. The molecule has 0 aliphatic carbocycles. The van der Waals surface area contributed by atoms with Gasteiger partial charge in [0, 0.05) is 13.1 Å². The number of aliphatic hydroxyl groups excluding tert-OH is 1. The van der Waals surface area contributed by atoms with Gasteiger partial charge in [-0.3, -0.25) is 5.41 Å². The van der Waals surface area contributed by atoms with E-state index in [9.17, 15) is 9.90 Å². The van der Waals surface area contributed by atoms with Crippen molar-refractivity contribution in [2.45, 2.75) is 33.4 Å². The second-order valence-corrected chi connectivity index (χ2v) is 7.53. The molecule has 1 aromatic heterocycles. The summed E-state index contributed by atoms with van der Waals surface area (Å²) in [6.45, 7) is 5.77. The first-order chi connectivity index (χ1) is 15.0. The first-order valence-electron chi connectivity index (χ1n) is 10.5. The molecule has 2 aromatic carbocycles. The lowest BCUT2D eigenvalue weighted by molar-refractivity contribution is 0.0505. The van der Waals surface area contributed by atoms with Gasteiger partial charge in [0.1, 0.15) is 17.4 Å². The molecular formula is C24H26N4O3. The highest BCUT2D eigenvalue weighted by molar-refractivity contribution is 6.23. The third kappa shape index (κ3) is 3.91. The summed E-state index contributed by atoms with van der Waals surface area (Å²) < 4.78 is 7.18. The van der Waals surface area contributed by atoms with E-state index in [1.54, 1.807) is 17.0 Å². The Morgan fingerprint density at radius 1 is 1.16 bits per heavy atom. The molecule has 0 fully saturated rings. The fourth-order valence-electron chi connectivity index (χ4n) is 3.83. The zero-order valence-electron chi connectivity index (χ0n) is 17.8. The van der Waals surface area contributed by atoms with E-state index in [4.69, 9.17) is 10.1 Å². The summed E-state index contributed by atoms with van der Waals surface area (Å²) in [6.07, 6.45) is 0.783. The molecule has 31 heavy (non-hydrogen) atoms. The highest BCUT2D eigenvalue weighted by Crippen LogP contribution is 2.30. The Kier molecular flexibility index (Phi) is 5.75. The Labute approximate surface area is 181 Å². The zero-order chi connectivity index (χ0) is 22.0. The predicted octanol–water partition coefficient (Wildman–Crippen LogP) is 4.39. The maximum atomic E-state index is 12.0. The van der Waals surface area contributed by atoms with E-state index in [1.807, 2.05) is 54.8 Å². The summed E-state index contributed by atoms with van der Waals surface area (Å²) in [4.78, 5) is 18.5. The van der Waals surface area contributed by atoms with Crippen molar-refractivity contribution in [1.82, 2.24) is 14.5 Å². The minimum Gasteiger partial charge on any atom is -0.510 e. The van der Waals surface area contributed by atoms with Crippen LogP contribution in [0.3, 0.4) is 0 Å². The van der Waals surface area contributed by atoms with Crippen LogP contribution >= 0.6 is 0 Å². The fraction of sp³-hybridized carbons (Fsp3) is 0.292. The number of nitrogens with one attached hydrogen (secondary N) is 1. The average Bonchev–Trinajstić information content (AvgIpc) is 3.28. The van der Waals surface area contributed by atoms with Crippen LogP contribution < -0.4 is 0 Å². The summed E-state index contributed by atoms with van der Waals surface area (Å²) >= 11 is 0. The Morgan fingerprint density at radius 3 is 2.61 bits per heavy atom. The standard InChI is InChI=1S/C24H26N4O3/c1-3-13-31-24(30)17-11-9-16(10-12-17)14-27-15-20(29)21(22(27)25)23-26-18-7-5-6-8-19(18)28(23)4-2/h5-12,25,29H,3-4,13-15H2,1-2H3. The Morgan fingerprint density at radius 2 is 1.90 bits per heavy atom. The van der Waals surface area contributed by atoms with Crippen molar-refractivity contribution in [3.05, 3.63) is 71.2 Å². The number of carbonyl (C=O) groups excluding carboxylic acids is 1. The number of nitrogens with zero attached hydrogens (tertiary/aromatic N) is 3. The van der Waals surface area contributed by atoms with E-state index in [0.717, 1.165) is 23.0 Å². The summed E-state index contributed by atoms with van der Waals surface area (Å²) in [5.74, 6) is 0.675. The smallest absolute Gasteiger partial charge is 0.338 e. The van der Waals surface area contributed by atoms with Gasteiger partial charge in [-0.1, -0.05) is 31.2 Å². The Balaban J connectivity index is 1.53. The largest absolute Gasteiger partial charge is 0.510 e. The number of esters is 1. The molecule has 2 N–H and O–H groups in total. The number of aromatic nitrogens is 2. The molecule has 0 amide bonds. The molecule has 0 radical (unpaired) electrons. The van der Waals surface area contributed by atoms with Gasteiger partial charge in [-0.15, -0.1) is 0 Å². The molecule has 0 saturated heterocycles. The molecular weight excluding hydrogens is 392 g/mol. The van der Waals surface area contributed by atoms with Crippen LogP contribution in [0, 0.1) is 5.41 Å². The van der Waals surface area contributed by atoms with Crippen molar-refractivity contribution in [2.75, 3.05) is 13.2 Å². The van der Waals surface area contributed by atoms with Gasteiger partial charge in [0.15, 0.2) is 0 Å². The van der Waals surface area contributed by atoms with Crippen LogP contribution in [0.1, 0.15) is 42.0 Å². The monoisotopic (exact) mass is 418 g/mol. The molecule has 3 aromatic rings. The van der Waals surface area contributed by atoms with E-state index in [-0.39, 0.29) is 24.1 Å². The number of imidazole rings is 1. The number of amidine groups is 1. The fourth-order valence-corrected chi connectivity index (χ4v) is 3.83. The molecule has 0 bridgehead atoms. The van der Waals surface area contributed by atoms with Crippen LogP contribution in [-0.4, -0.2) is 44.5 Å². The van der Waals surface area contributed by atoms with Crippen molar-refractivity contribution >= 4 is 28.4 Å². The number of rotatable bonds is 7. The number of benzene rings is 2. The second-order valence-electron chi connectivity index (χ2n) is 7.53. The summed E-state index contributed by atoms with van der Waals surface area (Å²) in [5, 5.41) is 19.4. The van der Waals surface area contributed by atoms with Crippen LogP contribution in [0.2, 0.25) is 0 Å². The molecule has 2 heterocycles. The molecule has 0 atom stereocenters. The second kappa shape index (κ2) is 8.63. The third-order valence-electron chi connectivity index (χ3n) is 5.38. The van der Waals surface area contributed by atoms with Crippen molar-refractivity contribution in [1.29, 1.82) is 5.41 Å². The number of ether oxygens (including phenoxy) is 1. The SMILES string of the molecule is CCCOC(=O)c1ccc(CN2CC(O)=C(c3nc4ccccc4n3CC)C2=N)cc1. The van der Waals surface area contributed by atoms with E-state index in [2.05, 4.69) is 4.98 Å². The van der Waals surface area contributed by atoms with Gasteiger partial charge >= 0.3 is 5.97 Å². The van der Waals surface area contributed by atoms with Gasteiger partial charge in [-0.2, -0.15) is 0 Å². The Bertz CT molecular complexity index is 1160. The lowest BCUT2D eigenvalue weighted by atomic mass is 10.1. The van der Waals surface area contributed by atoms with Crippen LogP contribution in [0.15, 0.2) is 54.3 Å². The van der Waals surface area contributed by atoms with Crippen LogP contribution in [-0.2, 0) is 17.8 Å². The predicted molar refractivity (Wildman–Crippen MR) is 120 cm³/mol. The van der Waals surface area contributed by atoms with Gasteiger partial charge in [0.05, 0.1) is 35.3 Å². The molecule has 0 saturated carbocycles. The highest BCUT2D eigenvalue weighted by atomic mass is 16.5. The van der Waals surface area contributed by atoms with Gasteiger partial charge in [0.2, 0.25) is 0 Å². The van der Waals surface area contributed by atoms with E-state index < -0.39 is 0 Å². The molecule has 160 valence electrons. The van der Waals surface area contributed by atoms with Crippen molar-refractivity contribution in [3.8, 4) is 0 Å². The molecule has 0 unspecified atom stereocenters. The van der Waals surface area contributed by atoms with Gasteiger partial charge in [0.25, 0.3) is 0 Å². The maximum Gasteiger partial charge on any atom is 0.338 e. The van der Waals surface area contributed by atoms with Crippen LogP contribution in [0.25, 0.3) is 16.6 Å². The van der Waals surface area contributed by atoms with Gasteiger partial charge in [-0.05, 0) is 43.2 Å². The number of fused-ring (bicyclic) bond motifs is 1. The first-order valence-corrected chi connectivity index (χ1v) is 10.5. The first kappa shape index (κ1) is 20.7. The number of aliphatic hydroxyl groups is 1. The number of hydrogen-bond donors (Lipinski definition) is 2. The summed E-state index contributed by atoms with van der Waals surface area (Å²) in [7, 11) is 0. The Hall–Kier alpha value is -3.61. The molecule has 7 heteroatoms. The maximum absolute atomic E-state index is 12.0. The molecule has 1 aliphatic heterocycles. The number of para-hydroxylation sites is 2. The molecule has 4 rings (SSSR count). The van der Waals surface area contributed by atoms with Gasteiger partial charge in [-0.25, -0.2) is 9.78 Å².